The zero-order chi connectivity index (χ0) is 19.6. The Morgan fingerprint density at radius 3 is 2.33 bits per heavy atom. The number of nitrogens with one attached hydrogen (secondary N) is 1. The molecule has 10 heteroatoms. The second kappa shape index (κ2) is 8.33. The first kappa shape index (κ1) is 19.7. The lowest BCUT2D eigenvalue weighted by atomic mass is 10.1. The Hall–Kier alpha value is -2.03. The number of aryl methyl sites for hydroxylation is 1. The molecular weight excluding hydrogens is 411 g/mol. The summed E-state index contributed by atoms with van der Waals surface area (Å²) in [5, 5.41) is 12.1. The van der Waals surface area contributed by atoms with E-state index in [0.717, 1.165) is 35.6 Å². The van der Waals surface area contributed by atoms with E-state index in [1.807, 2.05) is 0 Å². The van der Waals surface area contributed by atoms with E-state index in [1.54, 1.807) is 0 Å². The van der Waals surface area contributed by atoms with Gasteiger partial charge in [0.15, 0.2) is 0 Å². The number of unbranched alkanes of at least 4 members (excludes halogenated alkanes) is 2. The monoisotopic (exact) mass is 426 g/mol. The van der Waals surface area contributed by atoms with Crippen molar-refractivity contribution in [1.82, 2.24) is 15.1 Å². The van der Waals surface area contributed by atoms with Gasteiger partial charge in [-0.1, -0.05) is 54.3 Å². The van der Waals surface area contributed by atoms with Crippen LogP contribution >= 0.6 is 34.5 Å². The molecule has 1 aromatic heterocycles. The Bertz CT molecular complexity index is 875. The molecule has 0 saturated heterocycles. The van der Waals surface area contributed by atoms with Gasteiger partial charge in [-0.05, 0) is 18.6 Å². The van der Waals surface area contributed by atoms with Gasteiger partial charge < -0.3 is 0 Å². The third-order valence-electron chi connectivity index (χ3n) is 4.02. The molecule has 0 aliphatic carbocycles. The Morgan fingerprint density at radius 1 is 1.11 bits per heavy atom. The fraction of sp³-hybridized carbons (Fsp3) is 0.353. The van der Waals surface area contributed by atoms with Crippen molar-refractivity contribution in [2.45, 2.75) is 32.6 Å². The van der Waals surface area contributed by atoms with Crippen LogP contribution < -0.4 is 5.32 Å². The van der Waals surface area contributed by atoms with E-state index in [1.165, 1.54) is 23.5 Å². The third kappa shape index (κ3) is 4.28. The first-order chi connectivity index (χ1) is 12.9. The number of rotatable bonds is 7. The van der Waals surface area contributed by atoms with Crippen LogP contribution in [0, 0.1) is 0 Å². The summed E-state index contributed by atoms with van der Waals surface area (Å²) < 4.78 is 0. The van der Waals surface area contributed by atoms with Gasteiger partial charge in [0.05, 0.1) is 21.2 Å². The zero-order valence-electron chi connectivity index (χ0n) is 14.4. The van der Waals surface area contributed by atoms with Crippen molar-refractivity contribution in [3.8, 4) is 0 Å². The van der Waals surface area contributed by atoms with Crippen LogP contribution in [0.1, 0.15) is 51.9 Å². The number of hydrogen-bond acceptors (Lipinski definition) is 6. The van der Waals surface area contributed by atoms with Crippen LogP contribution in [0.15, 0.2) is 12.1 Å². The van der Waals surface area contributed by atoms with Gasteiger partial charge in [0.25, 0.3) is 11.8 Å². The highest BCUT2D eigenvalue weighted by Gasteiger charge is 2.37. The number of nitrogens with zero attached hydrogens (tertiary/aromatic N) is 3. The molecule has 0 spiro atoms. The maximum Gasteiger partial charge on any atom is 0.262 e. The SMILES string of the molecule is CCCCCc1nnc(NC(=O)CN2C(=O)c3cc(Cl)c(Cl)cc3C2=O)s1. The molecule has 142 valence electrons. The second-order valence-electron chi connectivity index (χ2n) is 6.01. The van der Waals surface area contributed by atoms with Crippen LogP contribution in [0.2, 0.25) is 10.0 Å². The molecule has 7 nitrogen and oxygen atoms in total. The molecule has 0 unspecified atom stereocenters. The molecule has 0 saturated carbocycles. The molecule has 27 heavy (non-hydrogen) atoms. The number of hydrogen-bond donors (Lipinski definition) is 1. The van der Waals surface area contributed by atoms with Crippen molar-refractivity contribution in [3.63, 3.8) is 0 Å². The zero-order valence-corrected chi connectivity index (χ0v) is 16.7. The first-order valence-electron chi connectivity index (χ1n) is 8.38. The van der Waals surface area contributed by atoms with E-state index in [0.29, 0.717) is 5.13 Å². The molecular formula is C17H16Cl2N4O3S. The molecule has 2 heterocycles. The summed E-state index contributed by atoms with van der Waals surface area (Å²) in [6, 6.07) is 2.68. The topological polar surface area (TPSA) is 92.3 Å². The fourth-order valence-electron chi connectivity index (χ4n) is 2.66. The van der Waals surface area contributed by atoms with Crippen LogP contribution in [-0.4, -0.2) is 39.4 Å². The highest BCUT2D eigenvalue weighted by Crippen LogP contribution is 2.31. The number of aromatic nitrogens is 2. The lowest BCUT2D eigenvalue weighted by Crippen LogP contribution is -2.37. The number of imide groups is 1. The molecule has 0 fully saturated rings. The van der Waals surface area contributed by atoms with Crippen LogP contribution in [-0.2, 0) is 11.2 Å². The molecule has 2 aromatic rings. The normalized spacial score (nSPS) is 13.2. The minimum atomic E-state index is -0.582. The number of anilines is 1. The van der Waals surface area contributed by atoms with Gasteiger partial charge in [0, 0.05) is 6.42 Å². The summed E-state index contributed by atoms with van der Waals surface area (Å²) in [6.45, 7) is 1.69. The smallest absolute Gasteiger partial charge is 0.262 e. The Balaban J connectivity index is 1.63. The Labute approximate surface area is 169 Å². The van der Waals surface area contributed by atoms with E-state index in [4.69, 9.17) is 23.2 Å². The van der Waals surface area contributed by atoms with Gasteiger partial charge in [-0.15, -0.1) is 10.2 Å². The van der Waals surface area contributed by atoms with Gasteiger partial charge in [-0.25, -0.2) is 0 Å². The Morgan fingerprint density at radius 2 is 1.74 bits per heavy atom. The molecule has 0 radical (unpaired) electrons. The highest BCUT2D eigenvalue weighted by molar-refractivity contribution is 7.15. The third-order valence-corrected chi connectivity index (χ3v) is 5.64. The number of carbonyl (C=O) groups is 3. The summed E-state index contributed by atoms with van der Waals surface area (Å²) in [5.74, 6) is -1.69. The number of benzene rings is 1. The quantitative estimate of drug-likeness (QED) is 0.536. The van der Waals surface area contributed by atoms with E-state index in [2.05, 4.69) is 22.4 Å². The van der Waals surface area contributed by atoms with E-state index >= 15 is 0 Å². The first-order valence-corrected chi connectivity index (χ1v) is 9.95. The van der Waals surface area contributed by atoms with Gasteiger partial charge in [0.2, 0.25) is 11.0 Å². The summed E-state index contributed by atoms with van der Waals surface area (Å²) in [7, 11) is 0. The molecule has 1 N–H and O–H groups in total. The number of fused-ring (bicyclic) bond motifs is 1. The van der Waals surface area contributed by atoms with Crippen molar-refractivity contribution in [2.24, 2.45) is 0 Å². The lowest BCUT2D eigenvalue weighted by molar-refractivity contribution is -0.116. The average Bonchev–Trinajstić information content (AvgIpc) is 3.15. The summed E-state index contributed by atoms with van der Waals surface area (Å²) in [4.78, 5) is 37.9. The summed E-state index contributed by atoms with van der Waals surface area (Å²) >= 11 is 13.1. The second-order valence-corrected chi connectivity index (χ2v) is 7.89. The van der Waals surface area contributed by atoms with Gasteiger partial charge in [0.1, 0.15) is 11.6 Å². The van der Waals surface area contributed by atoms with Crippen molar-refractivity contribution < 1.29 is 14.4 Å². The minimum absolute atomic E-state index is 0.135. The molecule has 1 aliphatic heterocycles. The average molecular weight is 427 g/mol. The largest absolute Gasteiger partial charge is 0.299 e. The van der Waals surface area contributed by atoms with Gasteiger partial charge >= 0.3 is 0 Å². The molecule has 1 aliphatic rings. The molecule has 3 rings (SSSR count). The van der Waals surface area contributed by atoms with Crippen LogP contribution in [0.3, 0.4) is 0 Å². The standard InChI is InChI=1S/C17H16Cl2N4O3S/c1-2-3-4-5-14-21-22-17(27-14)20-13(24)8-23-15(25)9-6-11(18)12(19)7-10(9)16(23)26/h6-7H,2-5,8H2,1H3,(H,20,22,24). The molecule has 0 atom stereocenters. The predicted octanol–water partition coefficient (Wildman–Crippen LogP) is 3.81. The maximum absolute atomic E-state index is 12.4. The number of halogens is 2. The number of carbonyl (C=O) groups excluding carboxylic acids is 3. The van der Waals surface area contributed by atoms with Crippen LogP contribution in [0.5, 0.6) is 0 Å². The summed E-state index contributed by atoms with van der Waals surface area (Å²) in [5.41, 5.74) is 0.271. The minimum Gasteiger partial charge on any atom is -0.299 e. The fourth-order valence-corrected chi connectivity index (χ4v) is 3.79. The van der Waals surface area contributed by atoms with Crippen molar-refractivity contribution >= 4 is 57.4 Å². The van der Waals surface area contributed by atoms with Crippen molar-refractivity contribution in [3.05, 3.63) is 38.3 Å². The highest BCUT2D eigenvalue weighted by atomic mass is 35.5. The van der Waals surface area contributed by atoms with Crippen LogP contribution in [0.25, 0.3) is 0 Å². The van der Waals surface area contributed by atoms with Gasteiger partial charge in [-0.2, -0.15) is 0 Å². The van der Waals surface area contributed by atoms with E-state index < -0.39 is 24.3 Å². The molecule has 0 bridgehead atoms. The molecule has 1 aromatic carbocycles. The van der Waals surface area contributed by atoms with Gasteiger partial charge in [-0.3, -0.25) is 24.6 Å². The number of amides is 3. The summed E-state index contributed by atoms with van der Waals surface area (Å²) in [6.07, 6.45) is 4.04. The van der Waals surface area contributed by atoms with Crippen molar-refractivity contribution in [1.29, 1.82) is 0 Å². The molecule has 3 amide bonds. The van der Waals surface area contributed by atoms with Crippen molar-refractivity contribution in [2.75, 3.05) is 11.9 Å². The Kier molecular flexibility index (Phi) is 6.08. The maximum atomic E-state index is 12.4. The lowest BCUT2D eigenvalue weighted by Gasteiger charge is -2.12. The predicted molar refractivity (Wildman–Crippen MR) is 104 cm³/mol. The van der Waals surface area contributed by atoms with E-state index in [-0.39, 0.29) is 21.2 Å². The van der Waals surface area contributed by atoms with E-state index in [9.17, 15) is 14.4 Å². The van der Waals surface area contributed by atoms with Crippen LogP contribution in [0.4, 0.5) is 5.13 Å².